The highest BCUT2D eigenvalue weighted by Crippen LogP contribution is 2.24. The molecule has 0 radical (unpaired) electrons. The Morgan fingerprint density at radius 3 is 2.28 bits per heavy atom. The Morgan fingerprint density at radius 1 is 1.11 bits per heavy atom. The highest BCUT2D eigenvalue weighted by atomic mass is 79.9. The SMILES string of the molecule is CC(C)(C)c1ccc(NCc2occc2Br)cc1. The minimum absolute atomic E-state index is 0.197. The van der Waals surface area contributed by atoms with E-state index in [1.807, 2.05) is 6.07 Å². The van der Waals surface area contributed by atoms with Gasteiger partial charge in [0.15, 0.2) is 0 Å². The van der Waals surface area contributed by atoms with E-state index in [9.17, 15) is 0 Å². The fourth-order valence-corrected chi connectivity index (χ4v) is 2.06. The number of nitrogens with one attached hydrogen (secondary N) is 1. The number of hydrogen-bond donors (Lipinski definition) is 1. The van der Waals surface area contributed by atoms with Gasteiger partial charge in [-0.3, -0.25) is 0 Å². The van der Waals surface area contributed by atoms with Gasteiger partial charge in [-0.15, -0.1) is 0 Å². The highest BCUT2D eigenvalue weighted by Gasteiger charge is 2.12. The van der Waals surface area contributed by atoms with Crippen LogP contribution in [0, 0.1) is 0 Å². The van der Waals surface area contributed by atoms with Crippen LogP contribution in [0.2, 0.25) is 0 Å². The minimum Gasteiger partial charge on any atom is -0.466 e. The summed E-state index contributed by atoms with van der Waals surface area (Å²) in [6, 6.07) is 10.5. The third-order valence-electron chi connectivity index (χ3n) is 2.90. The molecule has 18 heavy (non-hydrogen) atoms. The number of hydrogen-bond acceptors (Lipinski definition) is 2. The molecule has 0 unspecified atom stereocenters. The van der Waals surface area contributed by atoms with Crippen LogP contribution in [0.1, 0.15) is 32.1 Å². The zero-order valence-corrected chi connectivity index (χ0v) is 12.5. The first-order chi connectivity index (χ1) is 8.47. The van der Waals surface area contributed by atoms with E-state index >= 15 is 0 Å². The molecule has 0 spiro atoms. The summed E-state index contributed by atoms with van der Waals surface area (Å²) >= 11 is 3.44. The number of halogens is 1. The summed E-state index contributed by atoms with van der Waals surface area (Å²) in [4.78, 5) is 0. The highest BCUT2D eigenvalue weighted by molar-refractivity contribution is 9.10. The largest absolute Gasteiger partial charge is 0.466 e. The van der Waals surface area contributed by atoms with Crippen molar-refractivity contribution < 1.29 is 4.42 Å². The van der Waals surface area contributed by atoms with Crippen LogP contribution in [0.5, 0.6) is 0 Å². The standard InChI is InChI=1S/C15H18BrNO/c1-15(2,3)11-4-6-12(7-5-11)17-10-14-13(16)8-9-18-14/h4-9,17H,10H2,1-3H3. The topological polar surface area (TPSA) is 25.2 Å². The smallest absolute Gasteiger partial charge is 0.136 e. The first-order valence-corrected chi connectivity index (χ1v) is 6.82. The van der Waals surface area contributed by atoms with Crippen LogP contribution in [0.4, 0.5) is 5.69 Å². The van der Waals surface area contributed by atoms with Crippen molar-refractivity contribution in [2.24, 2.45) is 0 Å². The molecule has 1 aromatic carbocycles. The van der Waals surface area contributed by atoms with E-state index in [2.05, 4.69) is 66.3 Å². The van der Waals surface area contributed by atoms with Crippen LogP contribution >= 0.6 is 15.9 Å². The summed E-state index contributed by atoms with van der Waals surface area (Å²) in [7, 11) is 0. The molecule has 0 aliphatic rings. The lowest BCUT2D eigenvalue weighted by Gasteiger charge is -2.19. The molecule has 1 heterocycles. The van der Waals surface area contributed by atoms with Crippen molar-refractivity contribution in [3.63, 3.8) is 0 Å². The zero-order valence-electron chi connectivity index (χ0n) is 11.0. The molecular weight excluding hydrogens is 290 g/mol. The van der Waals surface area contributed by atoms with Crippen molar-refractivity contribution >= 4 is 21.6 Å². The lowest BCUT2D eigenvalue weighted by molar-refractivity contribution is 0.516. The second kappa shape index (κ2) is 5.19. The molecule has 96 valence electrons. The fraction of sp³-hybridized carbons (Fsp3) is 0.333. The van der Waals surface area contributed by atoms with Crippen LogP contribution in [-0.2, 0) is 12.0 Å². The number of anilines is 1. The maximum Gasteiger partial charge on any atom is 0.136 e. The van der Waals surface area contributed by atoms with Gasteiger partial charge in [-0.1, -0.05) is 32.9 Å². The van der Waals surface area contributed by atoms with E-state index in [1.54, 1.807) is 6.26 Å². The Labute approximate surface area is 117 Å². The van der Waals surface area contributed by atoms with Crippen LogP contribution in [0.15, 0.2) is 45.5 Å². The lowest BCUT2D eigenvalue weighted by Crippen LogP contribution is -2.10. The molecule has 0 aliphatic carbocycles. The quantitative estimate of drug-likeness (QED) is 0.867. The third-order valence-corrected chi connectivity index (χ3v) is 3.60. The van der Waals surface area contributed by atoms with Gasteiger partial charge in [0.25, 0.3) is 0 Å². The normalized spacial score (nSPS) is 11.6. The van der Waals surface area contributed by atoms with Gasteiger partial charge < -0.3 is 9.73 Å². The van der Waals surface area contributed by atoms with Crippen molar-refractivity contribution in [1.82, 2.24) is 0 Å². The molecular formula is C15H18BrNO. The summed E-state index contributed by atoms with van der Waals surface area (Å²) in [5.74, 6) is 0.912. The van der Waals surface area contributed by atoms with E-state index in [1.165, 1.54) is 5.56 Å². The number of rotatable bonds is 3. The van der Waals surface area contributed by atoms with Gasteiger partial charge in [0.2, 0.25) is 0 Å². The molecule has 0 atom stereocenters. The van der Waals surface area contributed by atoms with Crippen LogP contribution in [-0.4, -0.2) is 0 Å². The maximum atomic E-state index is 5.35. The monoisotopic (exact) mass is 307 g/mol. The van der Waals surface area contributed by atoms with E-state index in [4.69, 9.17) is 4.42 Å². The van der Waals surface area contributed by atoms with Gasteiger partial charge in [-0.25, -0.2) is 0 Å². The molecule has 0 fully saturated rings. The Bertz CT molecular complexity index is 508. The zero-order chi connectivity index (χ0) is 13.2. The number of furan rings is 1. The van der Waals surface area contributed by atoms with Crippen molar-refractivity contribution in [3.8, 4) is 0 Å². The van der Waals surface area contributed by atoms with Gasteiger partial charge >= 0.3 is 0 Å². The van der Waals surface area contributed by atoms with Gasteiger partial charge in [0.05, 0.1) is 17.3 Å². The lowest BCUT2D eigenvalue weighted by atomic mass is 9.87. The van der Waals surface area contributed by atoms with Crippen molar-refractivity contribution in [1.29, 1.82) is 0 Å². The molecule has 2 aromatic rings. The predicted octanol–water partition coefficient (Wildman–Crippen LogP) is 4.95. The molecule has 0 saturated heterocycles. The van der Waals surface area contributed by atoms with Crippen LogP contribution in [0.25, 0.3) is 0 Å². The minimum atomic E-state index is 0.197. The average Bonchev–Trinajstić information content (AvgIpc) is 2.72. The molecule has 0 saturated carbocycles. The number of benzene rings is 1. The van der Waals surface area contributed by atoms with Gasteiger partial charge in [-0.05, 0) is 45.1 Å². The molecule has 0 aliphatic heterocycles. The Balaban J connectivity index is 2.01. The van der Waals surface area contributed by atoms with E-state index in [0.29, 0.717) is 6.54 Å². The second-order valence-corrected chi connectivity index (χ2v) is 6.23. The van der Waals surface area contributed by atoms with Crippen LogP contribution < -0.4 is 5.32 Å². The molecule has 2 rings (SSSR count). The molecule has 1 aromatic heterocycles. The second-order valence-electron chi connectivity index (χ2n) is 5.37. The first-order valence-electron chi connectivity index (χ1n) is 6.03. The third kappa shape index (κ3) is 3.16. The Kier molecular flexibility index (Phi) is 3.81. The van der Waals surface area contributed by atoms with Crippen LogP contribution in [0.3, 0.4) is 0 Å². The first kappa shape index (κ1) is 13.2. The molecule has 3 heteroatoms. The predicted molar refractivity (Wildman–Crippen MR) is 78.9 cm³/mol. The summed E-state index contributed by atoms with van der Waals surface area (Å²) in [6.45, 7) is 7.34. The van der Waals surface area contributed by atoms with Crippen molar-refractivity contribution in [2.45, 2.75) is 32.7 Å². The summed E-state index contributed by atoms with van der Waals surface area (Å²) in [5, 5.41) is 3.34. The molecule has 2 nitrogen and oxygen atoms in total. The molecule has 0 bridgehead atoms. The summed E-state index contributed by atoms with van der Waals surface area (Å²) in [6.07, 6.45) is 1.68. The van der Waals surface area contributed by atoms with Gasteiger partial charge in [0, 0.05) is 5.69 Å². The Hall–Kier alpha value is -1.22. The Morgan fingerprint density at radius 2 is 1.78 bits per heavy atom. The average molecular weight is 308 g/mol. The molecule has 1 N–H and O–H groups in total. The summed E-state index contributed by atoms with van der Waals surface area (Å²) in [5.41, 5.74) is 2.64. The maximum absolute atomic E-state index is 5.35. The van der Waals surface area contributed by atoms with E-state index in [-0.39, 0.29) is 5.41 Å². The summed E-state index contributed by atoms with van der Waals surface area (Å²) < 4.78 is 6.36. The van der Waals surface area contributed by atoms with Gasteiger partial charge in [0.1, 0.15) is 5.76 Å². The van der Waals surface area contributed by atoms with Gasteiger partial charge in [-0.2, -0.15) is 0 Å². The fourth-order valence-electron chi connectivity index (χ4n) is 1.72. The van der Waals surface area contributed by atoms with E-state index < -0.39 is 0 Å². The van der Waals surface area contributed by atoms with Crippen molar-refractivity contribution in [3.05, 3.63) is 52.4 Å². The molecule has 0 amide bonds. The van der Waals surface area contributed by atoms with Crippen molar-refractivity contribution in [2.75, 3.05) is 5.32 Å². The van der Waals surface area contributed by atoms with E-state index in [0.717, 1.165) is 15.9 Å².